The van der Waals surface area contributed by atoms with Gasteiger partial charge in [0.25, 0.3) is 0 Å². The number of benzene rings is 1. The second-order valence-corrected chi connectivity index (χ2v) is 5.58. The third-order valence-electron chi connectivity index (χ3n) is 3.82. The molecule has 0 amide bonds. The van der Waals surface area contributed by atoms with E-state index in [-0.39, 0.29) is 0 Å². The molecule has 2 unspecified atom stereocenters. The molecule has 2 rings (SSSR count). The van der Waals surface area contributed by atoms with E-state index in [1.54, 1.807) is 0 Å². The van der Waals surface area contributed by atoms with Crippen molar-refractivity contribution in [2.75, 3.05) is 26.7 Å². The van der Waals surface area contributed by atoms with E-state index in [0.717, 1.165) is 30.7 Å². The second-order valence-electron chi connectivity index (χ2n) is 5.58. The summed E-state index contributed by atoms with van der Waals surface area (Å²) in [6.45, 7) is 4.50. The zero-order valence-corrected chi connectivity index (χ0v) is 12.0. The minimum Gasteiger partial charge on any atom is -0.387 e. The molecule has 1 aromatic rings. The van der Waals surface area contributed by atoms with Crippen molar-refractivity contribution < 1.29 is 9.84 Å². The molecule has 0 saturated carbocycles. The summed E-state index contributed by atoms with van der Waals surface area (Å²) < 4.78 is 5.74. The number of ether oxygens (including phenoxy) is 1. The van der Waals surface area contributed by atoms with Crippen molar-refractivity contribution in [1.29, 1.82) is 0 Å². The molecule has 1 aliphatic rings. The van der Waals surface area contributed by atoms with Gasteiger partial charge in [-0.2, -0.15) is 0 Å². The Morgan fingerprint density at radius 2 is 2.16 bits per heavy atom. The van der Waals surface area contributed by atoms with Gasteiger partial charge in [0, 0.05) is 19.7 Å². The lowest BCUT2D eigenvalue weighted by molar-refractivity contribution is -0.00798. The zero-order valence-electron chi connectivity index (χ0n) is 12.0. The first-order valence-corrected chi connectivity index (χ1v) is 7.20. The number of rotatable bonds is 5. The van der Waals surface area contributed by atoms with Gasteiger partial charge in [0.2, 0.25) is 0 Å². The molecule has 106 valence electrons. The van der Waals surface area contributed by atoms with Crippen molar-refractivity contribution in [2.24, 2.45) is 0 Å². The Bertz CT molecular complexity index is 388. The summed E-state index contributed by atoms with van der Waals surface area (Å²) in [5, 5.41) is 10.3. The maximum Gasteiger partial charge on any atom is 0.0919 e. The number of nitrogens with zero attached hydrogens (tertiary/aromatic N) is 1. The fraction of sp³-hybridized carbons (Fsp3) is 0.625. The van der Waals surface area contributed by atoms with E-state index in [2.05, 4.69) is 11.9 Å². The van der Waals surface area contributed by atoms with Gasteiger partial charge in [-0.05, 0) is 44.4 Å². The van der Waals surface area contributed by atoms with Gasteiger partial charge in [0.1, 0.15) is 0 Å². The zero-order chi connectivity index (χ0) is 13.7. The Morgan fingerprint density at radius 3 is 2.84 bits per heavy atom. The first-order chi connectivity index (χ1) is 9.16. The molecular weight excluding hydrogens is 238 g/mol. The van der Waals surface area contributed by atoms with E-state index in [0.29, 0.717) is 12.6 Å². The van der Waals surface area contributed by atoms with Crippen molar-refractivity contribution in [3.8, 4) is 0 Å². The Labute approximate surface area is 116 Å². The number of likely N-dealkylation sites (N-methyl/N-ethyl adjacent to an activating group) is 1. The van der Waals surface area contributed by atoms with Crippen LogP contribution in [0, 0.1) is 6.92 Å². The van der Waals surface area contributed by atoms with Crippen LogP contribution in [0.2, 0.25) is 0 Å². The molecule has 1 N–H and O–H groups in total. The van der Waals surface area contributed by atoms with E-state index < -0.39 is 6.10 Å². The smallest absolute Gasteiger partial charge is 0.0919 e. The molecule has 0 aliphatic carbocycles. The number of hydrogen-bond donors (Lipinski definition) is 1. The van der Waals surface area contributed by atoms with Crippen molar-refractivity contribution >= 4 is 0 Å². The Hall–Kier alpha value is -0.900. The molecule has 0 spiro atoms. The highest BCUT2D eigenvalue weighted by Gasteiger charge is 2.18. The van der Waals surface area contributed by atoms with Crippen molar-refractivity contribution in [2.45, 2.75) is 38.4 Å². The highest BCUT2D eigenvalue weighted by molar-refractivity contribution is 5.27. The average Bonchev–Trinajstić information content (AvgIpc) is 2.40. The van der Waals surface area contributed by atoms with Gasteiger partial charge in [-0.3, -0.25) is 0 Å². The largest absolute Gasteiger partial charge is 0.387 e. The second kappa shape index (κ2) is 7.04. The molecule has 1 aromatic carbocycles. The monoisotopic (exact) mass is 263 g/mol. The Morgan fingerprint density at radius 1 is 1.37 bits per heavy atom. The third kappa shape index (κ3) is 4.30. The van der Waals surface area contributed by atoms with Gasteiger partial charge in [0.05, 0.1) is 12.2 Å². The standard InChI is InChI=1S/C16H25NO2/c1-13-7-3-4-9-15(13)16(18)12-17(2)11-14-8-5-6-10-19-14/h3-4,7,9,14,16,18H,5-6,8,10-12H2,1-2H3. The first kappa shape index (κ1) is 14.5. The SMILES string of the molecule is Cc1ccccc1C(O)CN(C)CC1CCCCO1. The molecule has 0 bridgehead atoms. The molecule has 0 radical (unpaired) electrons. The molecular formula is C16H25NO2. The maximum absolute atomic E-state index is 10.3. The number of aryl methyl sites for hydroxylation is 1. The van der Waals surface area contributed by atoms with Gasteiger partial charge in [0.15, 0.2) is 0 Å². The van der Waals surface area contributed by atoms with Crippen molar-refractivity contribution in [3.05, 3.63) is 35.4 Å². The summed E-state index contributed by atoms with van der Waals surface area (Å²) in [7, 11) is 2.06. The van der Waals surface area contributed by atoms with E-state index >= 15 is 0 Å². The summed E-state index contributed by atoms with van der Waals surface area (Å²) in [5.41, 5.74) is 2.18. The fourth-order valence-electron chi connectivity index (χ4n) is 2.73. The third-order valence-corrected chi connectivity index (χ3v) is 3.82. The van der Waals surface area contributed by atoms with Crippen molar-refractivity contribution in [1.82, 2.24) is 4.90 Å². The van der Waals surface area contributed by atoms with Crippen molar-refractivity contribution in [3.63, 3.8) is 0 Å². The number of aliphatic hydroxyl groups excluding tert-OH is 1. The molecule has 1 heterocycles. The Balaban J connectivity index is 1.84. The molecule has 3 heteroatoms. The van der Waals surface area contributed by atoms with Crippen LogP contribution in [-0.4, -0.2) is 42.9 Å². The molecule has 1 fully saturated rings. The van der Waals surface area contributed by atoms with Crippen LogP contribution >= 0.6 is 0 Å². The lowest BCUT2D eigenvalue weighted by Crippen LogP contribution is -2.35. The Kier molecular flexibility index (Phi) is 5.37. The first-order valence-electron chi connectivity index (χ1n) is 7.20. The van der Waals surface area contributed by atoms with Gasteiger partial charge in [-0.15, -0.1) is 0 Å². The summed E-state index contributed by atoms with van der Waals surface area (Å²) in [6, 6.07) is 8.04. The van der Waals surface area contributed by atoms with Gasteiger partial charge in [-0.1, -0.05) is 24.3 Å². The quantitative estimate of drug-likeness (QED) is 0.886. The van der Waals surface area contributed by atoms with Gasteiger partial charge in [-0.25, -0.2) is 0 Å². The van der Waals surface area contributed by atoms with Crippen LogP contribution in [0.4, 0.5) is 0 Å². The maximum atomic E-state index is 10.3. The summed E-state index contributed by atoms with van der Waals surface area (Å²) in [5.74, 6) is 0. The topological polar surface area (TPSA) is 32.7 Å². The minimum absolute atomic E-state index is 0.336. The normalized spacial score (nSPS) is 21.6. The molecule has 1 saturated heterocycles. The van der Waals surface area contributed by atoms with Crippen LogP contribution in [0.15, 0.2) is 24.3 Å². The summed E-state index contributed by atoms with van der Waals surface area (Å²) >= 11 is 0. The highest BCUT2D eigenvalue weighted by Crippen LogP contribution is 2.19. The van der Waals surface area contributed by atoms with Crippen LogP contribution in [-0.2, 0) is 4.74 Å². The lowest BCUT2D eigenvalue weighted by atomic mass is 10.0. The van der Waals surface area contributed by atoms with E-state index in [4.69, 9.17) is 4.74 Å². The number of hydrogen-bond acceptors (Lipinski definition) is 3. The van der Waals surface area contributed by atoms with Gasteiger partial charge < -0.3 is 14.7 Å². The van der Waals surface area contributed by atoms with Crippen LogP contribution < -0.4 is 0 Å². The molecule has 2 atom stereocenters. The lowest BCUT2D eigenvalue weighted by Gasteiger charge is -2.28. The van der Waals surface area contributed by atoms with E-state index in [9.17, 15) is 5.11 Å². The molecule has 1 aliphatic heterocycles. The minimum atomic E-state index is -0.421. The molecule has 19 heavy (non-hydrogen) atoms. The average molecular weight is 263 g/mol. The van der Waals surface area contributed by atoms with Crippen LogP contribution in [0.1, 0.15) is 36.5 Å². The van der Waals surface area contributed by atoms with E-state index in [1.165, 1.54) is 12.8 Å². The van der Waals surface area contributed by atoms with E-state index in [1.807, 2.05) is 31.2 Å². The van der Waals surface area contributed by atoms with Gasteiger partial charge >= 0.3 is 0 Å². The molecule has 0 aromatic heterocycles. The summed E-state index contributed by atoms with van der Waals surface area (Å²) in [4.78, 5) is 2.17. The summed E-state index contributed by atoms with van der Waals surface area (Å²) in [6.07, 6.45) is 3.51. The van der Waals surface area contributed by atoms with Crippen LogP contribution in [0.25, 0.3) is 0 Å². The molecule has 3 nitrogen and oxygen atoms in total. The van der Waals surface area contributed by atoms with Crippen LogP contribution in [0.3, 0.4) is 0 Å². The predicted octanol–water partition coefficient (Wildman–Crippen LogP) is 2.53. The predicted molar refractivity (Wildman–Crippen MR) is 77.2 cm³/mol. The fourth-order valence-corrected chi connectivity index (χ4v) is 2.73. The highest BCUT2D eigenvalue weighted by atomic mass is 16.5. The number of aliphatic hydroxyl groups is 1. The van der Waals surface area contributed by atoms with Crippen LogP contribution in [0.5, 0.6) is 0 Å².